The molecule has 47 heavy (non-hydrogen) atoms. The minimum atomic E-state index is -4.45. The standard InChI is InChI=1S/C39H71NO6S/c1-3-5-7-9-11-13-15-17-19-20-22-23-25-27-29-31-33-37(41)36(35-47(44,45)46)40-39(43)38(42)34-32-30-28-26-24-21-18-16-14-12-10-8-6-4-2/h14,16-17,19,23,25,31,33,36-38,41-42H,3-13,15,18,20-22,24,26-30,32,34-35H2,1-2H3,(H,40,43)(H,44,45,46)/b16-14-,19-17+,25-23+,33-31+. The lowest BCUT2D eigenvalue weighted by Gasteiger charge is -2.22. The zero-order valence-corrected chi connectivity index (χ0v) is 30.8. The largest absolute Gasteiger partial charge is 0.387 e. The highest BCUT2D eigenvalue weighted by Gasteiger charge is 2.27. The zero-order valence-electron chi connectivity index (χ0n) is 30.0. The minimum Gasteiger partial charge on any atom is -0.387 e. The number of aliphatic hydroxyl groups is 2. The molecule has 0 aliphatic rings. The molecule has 0 heterocycles. The molecule has 7 nitrogen and oxygen atoms in total. The van der Waals surface area contributed by atoms with Crippen molar-refractivity contribution < 1.29 is 28.0 Å². The Bertz CT molecular complexity index is 943. The monoisotopic (exact) mass is 682 g/mol. The molecule has 0 radical (unpaired) electrons. The molecular formula is C39H71NO6S. The van der Waals surface area contributed by atoms with Crippen molar-refractivity contribution in [1.29, 1.82) is 0 Å². The van der Waals surface area contributed by atoms with Crippen molar-refractivity contribution in [2.45, 2.75) is 186 Å². The summed E-state index contributed by atoms with van der Waals surface area (Å²) < 4.78 is 32.4. The van der Waals surface area contributed by atoms with E-state index in [1.165, 1.54) is 89.5 Å². The number of hydrogen-bond donors (Lipinski definition) is 4. The van der Waals surface area contributed by atoms with Gasteiger partial charge in [0.15, 0.2) is 0 Å². The van der Waals surface area contributed by atoms with Gasteiger partial charge in [-0.05, 0) is 70.6 Å². The van der Waals surface area contributed by atoms with E-state index in [4.69, 9.17) is 0 Å². The van der Waals surface area contributed by atoms with Gasteiger partial charge in [0, 0.05) is 0 Å². The second-order valence-corrected chi connectivity index (χ2v) is 14.5. The first-order chi connectivity index (χ1) is 22.7. The van der Waals surface area contributed by atoms with Crippen LogP contribution in [-0.2, 0) is 14.9 Å². The van der Waals surface area contributed by atoms with Crippen LogP contribution in [0.5, 0.6) is 0 Å². The van der Waals surface area contributed by atoms with Gasteiger partial charge in [-0.25, -0.2) is 0 Å². The summed E-state index contributed by atoms with van der Waals surface area (Å²) in [5.74, 6) is -1.58. The van der Waals surface area contributed by atoms with Crippen LogP contribution in [0.2, 0.25) is 0 Å². The van der Waals surface area contributed by atoms with Crippen LogP contribution >= 0.6 is 0 Å². The van der Waals surface area contributed by atoms with Gasteiger partial charge < -0.3 is 15.5 Å². The van der Waals surface area contributed by atoms with Crippen LogP contribution < -0.4 is 5.32 Å². The van der Waals surface area contributed by atoms with Crippen molar-refractivity contribution in [1.82, 2.24) is 5.32 Å². The molecule has 0 saturated heterocycles. The van der Waals surface area contributed by atoms with Crippen LogP contribution in [0.4, 0.5) is 0 Å². The second-order valence-electron chi connectivity index (χ2n) is 13.0. The Morgan fingerprint density at radius 1 is 0.574 bits per heavy atom. The summed E-state index contributed by atoms with van der Waals surface area (Å²) in [5.41, 5.74) is 0. The maximum absolute atomic E-state index is 12.5. The maximum atomic E-state index is 12.5. The number of hydrogen-bond acceptors (Lipinski definition) is 5. The van der Waals surface area contributed by atoms with Crippen molar-refractivity contribution in [3.63, 3.8) is 0 Å². The highest BCUT2D eigenvalue weighted by atomic mass is 32.2. The number of rotatable bonds is 33. The third-order valence-electron chi connectivity index (χ3n) is 8.31. The molecule has 274 valence electrons. The molecule has 0 aliphatic carbocycles. The smallest absolute Gasteiger partial charge is 0.267 e. The summed E-state index contributed by atoms with van der Waals surface area (Å²) in [7, 11) is -4.45. The normalized spacial score (nSPS) is 14.6. The lowest BCUT2D eigenvalue weighted by molar-refractivity contribution is -0.130. The number of amides is 1. The molecule has 3 unspecified atom stereocenters. The number of allylic oxidation sites excluding steroid dienone is 7. The maximum Gasteiger partial charge on any atom is 0.267 e. The molecule has 0 saturated carbocycles. The average Bonchev–Trinajstić information content (AvgIpc) is 3.03. The molecule has 0 bridgehead atoms. The number of carbonyl (C=O) groups excluding carboxylic acids is 1. The molecule has 0 aromatic rings. The third kappa shape index (κ3) is 32.6. The summed E-state index contributed by atoms with van der Waals surface area (Å²) >= 11 is 0. The van der Waals surface area contributed by atoms with E-state index in [1.807, 2.05) is 0 Å². The van der Waals surface area contributed by atoms with Gasteiger partial charge in [0.05, 0.1) is 17.9 Å². The van der Waals surface area contributed by atoms with Gasteiger partial charge in [-0.2, -0.15) is 8.42 Å². The van der Waals surface area contributed by atoms with Crippen molar-refractivity contribution in [3.8, 4) is 0 Å². The van der Waals surface area contributed by atoms with Gasteiger partial charge in [0.1, 0.15) is 6.10 Å². The molecule has 0 aromatic heterocycles. The molecule has 0 aromatic carbocycles. The van der Waals surface area contributed by atoms with E-state index in [0.717, 1.165) is 51.4 Å². The van der Waals surface area contributed by atoms with Crippen LogP contribution in [0.15, 0.2) is 48.6 Å². The van der Waals surface area contributed by atoms with E-state index < -0.39 is 40.0 Å². The van der Waals surface area contributed by atoms with Gasteiger partial charge in [0.25, 0.3) is 10.1 Å². The number of unbranched alkanes of at least 4 members (excludes halogenated alkanes) is 18. The second kappa shape index (κ2) is 32.8. The summed E-state index contributed by atoms with van der Waals surface area (Å²) in [6.07, 6.45) is 40.2. The summed E-state index contributed by atoms with van der Waals surface area (Å²) in [6, 6.07) is -1.26. The molecule has 0 aliphatic heterocycles. The van der Waals surface area contributed by atoms with E-state index in [9.17, 15) is 28.0 Å². The molecule has 3 atom stereocenters. The molecule has 0 rings (SSSR count). The summed E-state index contributed by atoms with van der Waals surface area (Å²) in [6.45, 7) is 4.47. The van der Waals surface area contributed by atoms with Crippen molar-refractivity contribution >= 4 is 16.0 Å². The van der Waals surface area contributed by atoms with E-state index in [2.05, 4.69) is 55.6 Å². The first kappa shape index (κ1) is 45.3. The predicted molar refractivity (Wildman–Crippen MR) is 199 cm³/mol. The number of nitrogens with one attached hydrogen (secondary N) is 1. The van der Waals surface area contributed by atoms with Crippen molar-refractivity contribution in [3.05, 3.63) is 48.6 Å². The quantitative estimate of drug-likeness (QED) is 0.0311. The lowest BCUT2D eigenvalue weighted by Crippen LogP contribution is -2.50. The summed E-state index contributed by atoms with van der Waals surface area (Å²) in [4.78, 5) is 12.5. The Morgan fingerprint density at radius 3 is 1.43 bits per heavy atom. The number of aliphatic hydroxyl groups excluding tert-OH is 2. The number of carbonyl (C=O) groups is 1. The zero-order chi connectivity index (χ0) is 34.9. The fourth-order valence-electron chi connectivity index (χ4n) is 5.36. The fourth-order valence-corrected chi connectivity index (χ4v) is 6.10. The van der Waals surface area contributed by atoms with Crippen LogP contribution in [0.3, 0.4) is 0 Å². The SMILES string of the molecule is CCCCCC/C=C\CCCCCCCCC(O)C(=O)NC(CS(=O)(=O)O)C(O)/C=C/CC/C=C/CC/C=C/CCCCCCCC. The Balaban J connectivity index is 4.21. The first-order valence-electron chi connectivity index (χ1n) is 18.9. The van der Waals surface area contributed by atoms with Gasteiger partial charge in [-0.15, -0.1) is 0 Å². The van der Waals surface area contributed by atoms with E-state index >= 15 is 0 Å². The minimum absolute atomic E-state index is 0.262. The molecule has 0 spiro atoms. The van der Waals surface area contributed by atoms with E-state index in [-0.39, 0.29) is 6.42 Å². The topological polar surface area (TPSA) is 124 Å². The first-order valence-corrected chi connectivity index (χ1v) is 20.6. The molecule has 0 fully saturated rings. The Labute approximate surface area is 289 Å². The van der Waals surface area contributed by atoms with Gasteiger partial charge >= 0.3 is 0 Å². The molecule has 8 heteroatoms. The Kier molecular flexibility index (Phi) is 31.6. The Hall–Kier alpha value is -1.74. The molecule has 1 amide bonds. The molecule has 4 N–H and O–H groups in total. The highest BCUT2D eigenvalue weighted by molar-refractivity contribution is 7.85. The van der Waals surface area contributed by atoms with Crippen molar-refractivity contribution in [2.24, 2.45) is 0 Å². The highest BCUT2D eigenvalue weighted by Crippen LogP contribution is 2.12. The lowest BCUT2D eigenvalue weighted by atomic mass is 10.0. The fraction of sp³-hybridized carbons (Fsp3) is 0.769. The van der Waals surface area contributed by atoms with Crippen molar-refractivity contribution in [2.75, 3.05) is 5.75 Å². The van der Waals surface area contributed by atoms with E-state index in [1.54, 1.807) is 6.08 Å². The summed E-state index contributed by atoms with van der Waals surface area (Å²) in [5, 5.41) is 23.3. The average molecular weight is 682 g/mol. The van der Waals surface area contributed by atoms with Crippen LogP contribution in [-0.4, -0.2) is 53.1 Å². The third-order valence-corrected chi connectivity index (χ3v) is 9.09. The van der Waals surface area contributed by atoms with Crippen LogP contribution in [0, 0.1) is 0 Å². The van der Waals surface area contributed by atoms with Gasteiger partial charge in [-0.3, -0.25) is 9.35 Å². The molecular weight excluding hydrogens is 610 g/mol. The van der Waals surface area contributed by atoms with Gasteiger partial charge in [0.2, 0.25) is 5.91 Å². The Morgan fingerprint density at radius 2 is 0.957 bits per heavy atom. The van der Waals surface area contributed by atoms with Crippen LogP contribution in [0.25, 0.3) is 0 Å². The van der Waals surface area contributed by atoms with Gasteiger partial charge in [-0.1, -0.05) is 146 Å². The van der Waals surface area contributed by atoms with Crippen LogP contribution in [0.1, 0.15) is 168 Å². The van der Waals surface area contributed by atoms with E-state index in [0.29, 0.717) is 12.8 Å². The predicted octanol–water partition coefficient (Wildman–Crippen LogP) is 9.71.